The molecule has 0 radical (unpaired) electrons. The second-order valence-corrected chi connectivity index (χ2v) is 6.00. The van der Waals surface area contributed by atoms with Crippen LogP contribution in [0.15, 0.2) is 62.5 Å². The molecule has 3 rings (SSSR count). The number of methoxy groups -OCH3 is 1. The van der Waals surface area contributed by atoms with Crippen LogP contribution in [-0.4, -0.2) is 24.6 Å². The highest BCUT2D eigenvalue weighted by molar-refractivity contribution is 9.10. The predicted molar refractivity (Wildman–Crippen MR) is 95.9 cm³/mol. The molecule has 1 atom stereocenters. The van der Waals surface area contributed by atoms with Gasteiger partial charge in [0, 0.05) is 10.0 Å². The number of carbonyl (C=O) groups is 1. The summed E-state index contributed by atoms with van der Waals surface area (Å²) in [6, 6.07) is 7.51. The average molecular weight is 382 g/mol. The van der Waals surface area contributed by atoms with E-state index in [1.165, 1.54) is 0 Å². The van der Waals surface area contributed by atoms with E-state index in [1.54, 1.807) is 43.6 Å². The van der Waals surface area contributed by atoms with E-state index in [1.807, 2.05) is 12.1 Å². The van der Waals surface area contributed by atoms with E-state index in [0.29, 0.717) is 17.0 Å². The Balaban J connectivity index is 2.04. The number of hydrogen-bond acceptors (Lipinski definition) is 4. The first kappa shape index (κ1) is 16.1. The van der Waals surface area contributed by atoms with Crippen LogP contribution in [0.25, 0.3) is 6.08 Å². The first-order chi connectivity index (χ1) is 11.6. The summed E-state index contributed by atoms with van der Waals surface area (Å²) in [6.07, 6.45) is 8.71. The average Bonchev–Trinajstić information content (AvgIpc) is 2.59. The van der Waals surface area contributed by atoms with Crippen molar-refractivity contribution in [1.82, 2.24) is 0 Å². The molecule has 0 aromatic heterocycles. The summed E-state index contributed by atoms with van der Waals surface area (Å²) < 4.78 is 6.15. The van der Waals surface area contributed by atoms with Crippen molar-refractivity contribution in [2.24, 2.45) is 15.9 Å². The molecule has 0 saturated heterocycles. The number of allylic oxidation sites excluding steroid dienone is 3. The van der Waals surface area contributed by atoms with Gasteiger partial charge in [-0.05, 0) is 30.4 Å². The SMILES string of the molecule is COc1ccc(Br)cc1/C=C(\C#N)C1=NC(=O)C2C=CC=CC2=N1. The van der Waals surface area contributed by atoms with Gasteiger partial charge in [-0.1, -0.05) is 34.2 Å². The van der Waals surface area contributed by atoms with E-state index in [9.17, 15) is 10.1 Å². The van der Waals surface area contributed by atoms with E-state index >= 15 is 0 Å². The molecular weight excluding hydrogens is 370 g/mol. The van der Waals surface area contributed by atoms with Crippen molar-refractivity contribution in [1.29, 1.82) is 5.26 Å². The van der Waals surface area contributed by atoms with Crippen molar-refractivity contribution in [3.63, 3.8) is 0 Å². The molecule has 0 fully saturated rings. The highest BCUT2D eigenvalue weighted by Crippen LogP contribution is 2.26. The largest absolute Gasteiger partial charge is 0.496 e. The van der Waals surface area contributed by atoms with Gasteiger partial charge in [-0.15, -0.1) is 0 Å². The number of aliphatic imine (C=N–C) groups is 2. The molecule has 2 aliphatic rings. The molecule has 0 saturated carbocycles. The van der Waals surface area contributed by atoms with Gasteiger partial charge in [-0.2, -0.15) is 10.3 Å². The monoisotopic (exact) mass is 381 g/mol. The lowest BCUT2D eigenvalue weighted by Gasteiger charge is -2.17. The molecule has 0 N–H and O–H groups in total. The van der Waals surface area contributed by atoms with Crippen molar-refractivity contribution >= 4 is 39.5 Å². The maximum Gasteiger partial charge on any atom is 0.260 e. The Morgan fingerprint density at radius 3 is 2.96 bits per heavy atom. The number of nitrogens with zero attached hydrogens (tertiary/aromatic N) is 3. The van der Waals surface area contributed by atoms with Crippen molar-refractivity contribution in [2.75, 3.05) is 7.11 Å². The van der Waals surface area contributed by atoms with E-state index in [2.05, 4.69) is 32.0 Å². The minimum Gasteiger partial charge on any atom is -0.496 e. The molecule has 0 spiro atoms. The Kier molecular flexibility index (Phi) is 4.54. The summed E-state index contributed by atoms with van der Waals surface area (Å²) in [5.41, 5.74) is 1.49. The van der Waals surface area contributed by atoms with Gasteiger partial charge < -0.3 is 4.74 Å². The van der Waals surface area contributed by atoms with Gasteiger partial charge in [0.2, 0.25) is 0 Å². The molecule has 1 heterocycles. The number of hydrogen-bond donors (Lipinski definition) is 0. The van der Waals surface area contributed by atoms with E-state index in [-0.39, 0.29) is 17.3 Å². The first-order valence-electron chi connectivity index (χ1n) is 7.14. The predicted octanol–water partition coefficient (Wildman–Crippen LogP) is 3.49. The lowest BCUT2D eigenvalue weighted by Crippen LogP contribution is -2.27. The number of amides is 1. The van der Waals surface area contributed by atoms with Gasteiger partial charge in [-0.3, -0.25) is 4.79 Å². The first-order valence-corrected chi connectivity index (χ1v) is 7.93. The van der Waals surface area contributed by atoms with Crippen LogP contribution in [-0.2, 0) is 4.79 Å². The standard InChI is InChI=1S/C18H12BrN3O2/c1-24-16-7-6-13(19)9-11(16)8-12(10-20)17-21-15-5-3-2-4-14(15)18(23)22-17/h2-9,14H,1H3/b12-8+. The molecule has 1 unspecified atom stereocenters. The number of ether oxygens (including phenoxy) is 1. The van der Waals surface area contributed by atoms with Crippen LogP contribution in [0.1, 0.15) is 5.56 Å². The summed E-state index contributed by atoms with van der Waals surface area (Å²) >= 11 is 3.39. The maximum absolute atomic E-state index is 12.2. The summed E-state index contributed by atoms with van der Waals surface area (Å²) in [4.78, 5) is 20.5. The number of carbonyl (C=O) groups excluding carboxylic acids is 1. The van der Waals surface area contributed by atoms with Crippen molar-refractivity contribution in [3.8, 4) is 11.8 Å². The van der Waals surface area contributed by atoms with Crippen LogP contribution in [0.3, 0.4) is 0 Å². The highest BCUT2D eigenvalue weighted by atomic mass is 79.9. The number of amidine groups is 1. The molecule has 5 nitrogen and oxygen atoms in total. The molecule has 1 amide bonds. The normalized spacial score (nSPS) is 19.3. The highest BCUT2D eigenvalue weighted by Gasteiger charge is 2.27. The summed E-state index contributed by atoms with van der Waals surface area (Å²) in [7, 11) is 1.55. The molecule has 118 valence electrons. The maximum atomic E-state index is 12.2. The van der Waals surface area contributed by atoms with Crippen LogP contribution < -0.4 is 4.74 Å². The molecule has 1 aromatic carbocycles. The minimum absolute atomic E-state index is 0.121. The van der Waals surface area contributed by atoms with Gasteiger partial charge in [0.1, 0.15) is 17.7 Å². The third-order valence-corrected chi connectivity index (χ3v) is 4.06. The fourth-order valence-corrected chi connectivity index (χ4v) is 2.79. The lowest BCUT2D eigenvalue weighted by atomic mass is 9.96. The van der Waals surface area contributed by atoms with Gasteiger partial charge in [0.05, 0.1) is 18.4 Å². The third kappa shape index (κ3) is 3.12. The fourth-order valence-electron chi connectivity index (χ4n) is 2.41. The molecule has 0 bridgehead atoms. The van der Waals surface area contributed by atoms with Crippen LogP contribution in [0, 0.1) is 17.2 Å². The molecule has 1 aliphatic heterocycles. The molecule has 24 heavy (non-hydrogen) atoms. The Morgan fingerprint density at radius 2 is 2.21 bits per heavy atom. The Bertz CT molecular complexity index is 901. The number of halogens is 1. The topological polar surface area (TPSA) is 74.8 Å². The molecule has 1 aliphatic carbocycles. The molecule has 6 heteroatoms. The number of rotatable bonds is 3. The Morgan fingerprint density at radius 1 is 1.38 bits per heavy atom. The molecular formula is C18H12BrN3O2. The fraction of sp³-hybridized carbons (Fsp3) is 0.111. The quantitative estimate of drug-likeness (QED) is 0.752. The van der Waals surface area contributed by atoms with Crippen molar-refractivity contribution in [2.45, 2.75) is 0 Å². The van der Waals surface area contributed by atoms with E-state index < -0.39 is 5.92 Å². The minimum atomic E-state index is -0.459. The zero-order valence-electron chi connectivity index (χ0n) is 12.7. The Hall–Kier alpha value is -2.78. The van der Waals surface area contributed by atoms with Crippen molar-refractivity contribution < 1.29 is 9.53 Å². The van der Waals surface area contributed by atoms with E-state index in [4.69, 9.17) is 4.74 Å². The van der Waals surface area contributed by atoms with Crippen molar-refractivity contribution in [3.05, 3.63) is 58.1 Å². The van der Waals surface area contributed by atoms with Gasteiger partial charge in [0.25, 0.3) is 5.91 Å². The van der Waals surface area contributed by atoms with Crippen LogP contribution in [0.4, 0.5) is 0 Å². The van der Waals surface area contributed by atoms with Gasteiger partial charge >= 0.3 is 0 Å². The zero-order chi connectivity index (χ0) is 17.1. The number of fused-ring (bicyclic) bond motifs is 1. The van der Waals surface area contributed by atoms with E-state index in [0.717, 1.165) is 4.47 Å². The third-order valence-electron chi connectivity index (χ3n) is 3.57. The van der Waals surface area contributed by atoms with Crippen LogP contribution in [0.5, 0.6) is 5.75 Å². The summed E-state index contributed by atoms with van der Waals surface area (Å²) in [5, 5.41) is 9.49. The number of benzene rings is 1. The number of nitriles is 1. The lowest BCUT2D eigenvalue weighted by molar-refractivity contribution is -0.118. The Labute approximate surface area is 147 Å². The summed E-state index contributed by atoms with van der Waals surface area (Å²) in [6.45, 7) is 0. The second-order valence-electron chi connectivity index (χ2n) is 5.09. The zero-order valence-corrected chi connectivity index (χ0v) is 14.3. The van der Waals surface area contributed by atoms with Crippen LogP contribution in [0.2, 0.25) is 0 Å². The smallest absolute Gasteiger partial charge is 0.260 e. The summed E-state index contributed by atoms with van der Waals surface area (Å²) in [5.74, 6) is -0.0486. The van der Waals surface area contributed by atoms with Gasteiger partial charge in [-0.25, -0.2) is 4.99 Å². The molecule has 1 aromatic rings. The van der Waals surface area contributed by atoms with Gasteiger partial charge in [0.15, 0.2) is 5.84 Å². The second kappa shape index (κ2) is 6.77. The van der Waals surface area contributed by atoms with Crippen LogP contribution >= 0.6 is 15.9 Å².